The molecule has 0 amide bonds. The van der Waals surface area contributed by atoms with Crippen LogP contribution in [0.4, 0.5) is 5.69 Å². The third-order valence-electron chi connectivity index (χ3n) is 4.05. The van der Waals surface area contributed by atoms with Gasteiger partial charge in [0.2, 0.25) is 0 Å². The van der Waals surface area contributed by atoms with E-state index in [0.717, 1.165) is 18.3 Å². The van der Waals surface area contributed by atoms with Gasteiger partial charge in [-0.3, -0.25) is 4.90 Å². The summed E-state index contributed by atoms with van der Waals surface area (Å²) in [6.07, 6.45) is 3.88. The summed E-state index contributed by atoms with van der Waals surface area (Å²) < 4.78 is 0. The van der Waals surface area contributed by atoms with Gasteiger partial charge in [-0.25, -0.2) is 0 Å². The number of nitrogen functional groups attached to an aromatic ring is 1. The molecule has 0 atom stereocenters. The summed E-state index contributed by atoms with van der Waals surface area (Å²) in [5.41, 5.74) is 9.94. The molecule has 1 aromatic rings. The highest BCUT2D eigenvalue weighted by Gasteiger charge is 2.25. The Morgan fingerprint density at radius 1 is 1.24 bits per heavy atom. The predicted octanol–water partition coefficient (Wildman–Crippen LogP) is 2.52. The van der Waals surface area contributed by atoms with E-state index < -0.39 is 0 Å². The molecule has 17 heavy (non-hydrogen) atoms. The molecule has 2 nitrogen and oxygen atoms in total. The fourth-order valence-electron chi connectivity index (χ4n) is 2.99. The Labute approximate surface area is 108 Å². The van der Waals surface area contributed by atoms with Crippen molar-refractivity contribution in [3.05, 3.63) is 29.3 Å². The molecule has 2 aliphatic heterocycles. The zero-order valence-corrected chi connectivity index (χ0v) is 11.0. The highest BCUT2D eigenvalue weighted by atomic mass is 32.2. The SMILES string of the molecule is Nc1cccc2c1CN(C1CCSCC1)CC2. The maximum Gasteiger partial charge on any atom is 0.0362 e. The Hall–Kier alpha value is -0.670. The summed E-state index contributed by atoms with van der Waals surface area (Å²) in [6.45, 7) is 2.28. The van der Waals surface area contributed by atoms with E-state index in [0.29, 0.717) is 0 Å². The van der Waals surface area contributed by atoms with Crippen LogP contribution in [-0.2, 0) is 13.0 Å². The standard InChI is InChI=1S/C14H20N2S/c15-14-3-1-2-11-4-7-16(10-13(11)14)12-5-8-17-9-6-12/h1-3,12H,4-10,15H2. The van der Waals surface area contributed by atoms with E-state index in [4.69, 9.17) is 5.73 Å². The minimum Gasteiger partial charge on any atom is -0.398 e. The Balaban J connectivity index is 1.77. The van der Waals surface area contributed by atoms with Crippen molar-refractivity contribution in [1.29, 1.82) is 0 Å². The maximum atomic E-state index is 6.10. The fourth-order valence-corrected chi connectivity index (χ4v) is 4.07. The number of benzene rings is 1. The summed E-state index contributed by atoms with van der Waals surface area (Å²) in [5, 5.41) is 0. The third-order valence-corrected chi connectivity index (χ3v) is 5.09. The topological polar surface area (TPSA) is 29.3 Å². The summed E-state index contributed by atoms with van der Waals surface area (Å²) in [6, 6.07) is 7.16. The van der Waals surface area contributed by atoms with Crippen molar-refractivity contribution in [2.45, 2.75) is 31.8 Å². The normalized spacial score (nSPS) is 22.4. The lowest BCUT2D eigenvalue weighted by Gasteiger charge is -2.37. The lowest BCUT2D eigenvalue weighted by atomic mass is 9.96. The van der Waals surface area contributed by atoms with Crippen LogP contribution in [0.1, 0.15) is 24.0 Å². The molecule has 2 heterocycles. The van der Waals surface area contributed by atoms with Crippen LogP contribution in [0, 0.1) is 0 Å². The molecule has 1 fully saturated rings. The summed E-state index contributed by atoms with van der Waals surface area (Å²) >= 11 is 2.10. The number of nitrogens with two attached hydrogens (primary N) is 1. The molecule has 3 rings (SSSR count). The van der Waals surface area contributed by atoms with Gasteiger partial charge >= 0.3 is 0 Å². The Kier molecular flexibility index (Phi) is 3.30. The average Bonchev–Trinajstić information content (AvgIpc) is 2.40. The number of anilines is 1. The van der Waals surface area contributed by atoms with Crippen molar-refractivity contribution in [1.82, 2.24) is 4.90 Å². The van der Waals surface area contributed by atoms with Crippen molar-refractivity contribution >= 4 is 17.4 Å². The van der Waals surface area contributed by atoms with E-state index in [-0.39, 0.29) is 0 Å². The van der Waals surface area contributed by atoms with E-state index in [2.05, 4.69) is 28.8 Å². The van der Waals surface area contributed by atoms with E-state index in [1.165, 1.54) is 48.4 Å². The van der Waals surface area contributed by atoms with Crippen LogP contribution in [-0.4, -0.2) is 29.0 Å². The predicted molar refractivity (Wildman–Crippen MR) is 75.3 cm³/mol. The van der Waals surface area contributed by atoms with Crippen molar-refractivity contribution in [2.24, 2.45) is 0 Å². The molecule has 2 N–H and O–H groups in total. The van der Waals surface area contributed by atoms with Crippen molar-refractivity contribution < 1.29 is 0 Å². The first-order chi connectivity index (χ1) is 8.34. The van der Waals surface area contributed by atoms with E-state index >= 15 is 0 Å². The first-order valence-electron chi connectivity index (χ1n) is 6.52. The maximum absolute atomic E-state index is 6.10. The van der Waals surface area contributed by atoms with Gasteiger partial charge < -0.3 is 5.73 Å². The van der Waals surface area contributed by atoms with Crippen molar-refractivity contribution in [2.75, 3.05) is 23.8 Å². The molecule has 0 aromatic heterocycles. The van der Waals surface area contributed by atoms with Crippen LogP contribution in [0.5, 0.6) is 0 Å². The van der Waals surface area contributed by atoms with Crippen LogP contribution in [0.15, 0.2) is 18.2 Å². The highest BCUT2D eigenvalue weighted by Crippen LogP contribution is 2.29. The fraction of sp³-hybridized carbons (Fsp3) is 0.571. The molecule has 1 saturated heterocycles. The number of thioether (sulfide) groups is 1. The van der Waals surface area contributed by atoms with Crippen LogP contribution in [0.3, 0.4) is 0 Å². The van der Waals surface area contributed by atoms with Gasteiger partial charge in [0, 0.05) is 24.8 Å². The Morgan fingerprint density at radius 3 is 2.88 bits per heavy atom. The zero-order valence-electron chi connectivity index (χ0n) is 10.2. The van der Waals surface area contributed by atoms with Crippen LogP contribution in [0.2, 0.25) is 0 Å². The minimum absolute atomic E-state index is 0.795. The highest BCUT2D eigenvalue weighted by molar-refractivity contribution is 7.99. The van der Waals surface area contributed by atoms with Gasteiger partial charge in [0.15, 0.2) is 0 Å². The van der Waals surface area contributed by atoms with Gasteiger partial charge in [0.05, 0.1) is 0 Å². The number of nitrogens with zero attached hydrogens (tertiary/aromatic N) is 1. The van der Waals surface area contributed by atoms with Crippen molar-refractivity contribution in [3.63, 3.8) is 0 Å². The first kappa shape index (κ1) is 11.4. The molecule has 0 radical (unpaired) electrons. The van der Waals surface area contributed by atoms with Gasteiger partial charge in [-0.05, 0) is 48.0 Å². The largest absolute Gasteiger partial charge is 0.398 e. The molecule has 2 aliphatic rings. The second-order valence-electron chi connectivity index (χ2n) is 5.05. The van der Waals surface area contributed by atoms with Crippen LogP contribution in [0.25, 0.3) is 0 Å². The second-order valence-corrected chi connectivity index (χ2v) is 6.27. The average molecular weight is 248 g/mol. The lowest BCUT2D eigenvalue weighted by Crippen LogP contribution is -2.41. The first-order valence-corrected chi connectivity index (χ1v) is 7.68. The zero-order chi connectivity index (χ0) is 11.7. The summed E-state index contributed by atoms with van der Waals surface area (Å²) in [5.74, 6) is 2.66. The van der Waals surface area contributed by atoms with Gasteiger partial charge in [0.25, 0.3) is 0 Å². The molecule has 0 saturated carbocycles. The molecule has 3 heteroatoms. The molecule has 1 aromatic carbocycles. The summed E-state index contributed by atoms with van der Waals surface area (Å²) in [4.78, 5) is 2.65. The molecule has 0 aliphatic carbocycles. The smallest absolute Gasteiger partial charge is 0.0362 e. The molecule has 0 spiro atoms. The van der Waals surface area contributed by atoms with Gasteiger partial charge in [-0.1, -0.05) is 12.1 Å². The van der Waals surface area contributed by atoms with Gasteiger partial charge in [-0.2, -0.15) is 11.8 Å². The van der Waals surface area contributed by atoms with Gasteiger partial charge in [0.1, 0.15) is 0 Å². The number of hydrogen-bond donors (Lipinski definition) is 1. The molecular formula is C14H20N2S. The number of rotatable bonds is 1. The van der Waals surface area contributed by atoms with Crippen LogP contribution >= 0.6 is 11.8 Å². The minimum atomic E-state index is 0.795. The van der Waals surface area contributed by atoms with E-state index in [9.17, 15) is 0 Å². The number of fused-ring (bicyclic) bond motifs is 1. The quantitative estimate of drug-likeness (QED) is 0.774. The lowest BCUT2D eigenvalue weighted by molar-refractivity contribution is 0.169. The summed E-state index contributed by atoms with van der Waals surface area (Å²) in [7, 11) is 0. The van der Waals surface area contributed by atoms with Gasteiger partial charge in [-0.15, -0.1) is 0 Å². The van der Waals surface area contributed by atoms with E-state index in [1.54, 1.807) is 0 Å². The molecule has 0 bridgehead atoms. The molecule has 92 valence electrons. The second kappa shape index (κ2) is 4.91. The molecule has 0 unspecified atom stereocenters. The molecular weight excluding hydrogens is 228 g/mol. The third kappa shape index (κ3) is 2.31. The monoisotopic (exact) mass is 248 g/mol. The van der Waals surface area contributed by atoms with Crippen LogP contribution < -0.4 is 5.73 Å². The Bertz CT molecular complexity index is 399. The Morgan fingerprint density at radius 2 is 2.06 bits per heavy atom. The van der Waals surface area contributed by atoms with Crippen molar-refractivity contribution in [3.8, 4) is 0 Å². The number of hydrogen-bond acceptors (Lipinski definition) is 3. The van der Waals surface area contributed by atoms with E-state index in [1.807, 2.05) is 6.07 Å².